The Labute approximate surface area is 126 Å². The zero-order valence-corrected chi connectivity index (χ0v) is 13.6. The molecule has 1 aliphatic rings. The Kier molecular flexibility index (Phi) is 5.05. The van der Waals surface area contributed by atoms with Gasteiger partial charge in [0, 0.05) is 25.0 Å². The van der Waals surface area contributed by atoms with E-state index >= 15 is 0 Å². The molecule has 0 N–H and O–H groups in total. The fourth-order valence-electron chi connectivity index (χ4n) is 1.83. The summed E-state index contributed by atoms with van der Waals surface area (Å²) in [5.74, 6) is 0.714. The van der Waals surface area contributed by atoms with Gasteiger partial charge in [-0.05, 0) is 29.5 Å². The molecule has 19 heavy (non-hydrogen) atoms. The maximum atomic E-state index is 12.3. The van der Waals surface area contributed by atoms with E-state index < -0.39 is 10.0 Å². The maximum absolute atomic E-state index is 12.3. The Morgan fingerprint density at radius 1 is 1.42 bits per heavy atom. The van der Waals surface area contributed by atoms with Gasteiger partial charge in [-0.15, -0.1) is 11.8 Å². The SMILES string of the molecule is C=C(Br)CSc1ccc(S(=O)(=O)N2CCCC2)cn1. The van der Waals surface area contributed by atoms with Gasteiger partial charge in [0.25, 0.3) is 0 Å². The summed E-state index contributed by atoms with van der Waals surface area (Å²) in [6.07, 6.45) is 3.31. The number of hydrogen-bond donors (Lipinski definition) is 0. The maximum Gasteiger partial charge on any atom is 0.244 e. The number of pyridine rings is 1. The smallest absolute Gasteiger partial charge is 0.244 e. The van der Waals surface area contributed by atoms with Crippen LogP contribution in [0.25, 0.3) is 0 Å². The van der Waals surface area contributed by atoms with Crippen LogP contribution in [0.15, 0.2) is 39.3 Å². The van der Waals surface area contributed by atoms with E-state index in [1.54, 1.807) is 12.1 Å². The van der Waals surface area contributed by atoms with Crippen molar-refractivity contribution >= 4 is 37.7 Å². The molecule has 2 heterocycles. The molecule has 0 aliphatic carbocycles. The Bertz CT molecular complexity index is 552. The summed E-state index contributed by atoms with van der Waals surface area (Å²) in [5, 5.41) is 0.793. The molecule has 0 spiro atoms. The van der Waals surface area contributed by atoms with Crippen LogP contribution in [-0.2, 0) is 10.0 Å². The minimum absolute atomic E-state index is 0.274. The summed E-state index contributed by atoms with van der Waals surface area (Å²) in [4.78, 5) is 4.46. The zero-order valence-electron chi connectivity index (χ0n) is 10.4. The fraction of sp³-hybridized carbons (Fsp3) is 0.417. The molecule has 1 fully saturated rings. The van der Waals surface area contributed by atoms with Gasteiger partial charge in [0.1, 0.15) is 4.90 Å². The second-order valence-electron chi connectivity index (χ2n) is 4.25. The van der Waals surface area contributed by atoms with Crippen molar-refractivity contribution in [2.45, 2.75) is 22.8 Å². The molecule has 0 atom stereocenters. The molecule has 0 bridgehead atoms. The van der Waals surface area contributed by atoms with Gasteiger partial charge >= 0.3 is 0 Å². The van der Waals surface area contributed by atoms with E-state index in [0.29, 0.717) is 18.8 Å². The van der Waals surface area contributed by atoms with E-state index in [1.807, 2.05) is 0 Å². The van der Waals surface area contributed by atoms with Crippen LogP contribution in [0.1, 0.15) is 12.8 Å². The van der Waals surface area contributed by atoms with Gasteiger partial charge in [-0.3, -0.25) is 0 Å². The number of hydrogen-bond acceptors (Lipinski definition) is 4. The van der Waals surface area contributed by atoms with Crippen LogP contribution in [0.2, 0.25) is 0 Å². The number of rotatable bonds is 5. The minimum atomic E-state index is -3.35. The van der Waals surface area contributed by atoms with Crippen molar-refractivity contribution in [1.82, 2.24) is 9.29 Å². The largest absolute Gasteiger partial charge is 0.249 e. The topological polar surface area (TPSA) is 50.3 Å². The van der Waals surface area contributed by atoms with Crippen molar-refractivity contribution in [3.05, 3.63) is 29.4 Å². The lowest BCUT2D eigenvalue weighted by Gasteiger charge is -2.15. The first-order valence-corrected chi connectivity index (χ1v) is 9.14. The van der Waals surface area contributed by atoms with Gasteiger partial charge in [-0.2, -0.15) is 4.31 Å². The molecule has 1 aromatic rings. The van der Waals surface area contributed by atoms with Crippen LogP contribution in [0.5, 0.6) is 0 Å². The van der Waals surface area contributed by atoms with Crippen molar-refractivity contribution in [1.29, 1.82) is 0 Å². The summed E-state index contributed by atoms with van der Waals surface area (Å²) in [6, 6.07) is 3.36. The number of aromatic nitrogens is 1. The van der Waals surface area contributed by atoms with Crippen LogP contribution in [-0.4, -0.2) is 36.5 Å². The van der Waals surface area contributed by atoms with Crippen molar-refractivity contribution in [3.63, 3.8) is 0 Å². The Morgan fingerprint density at radius 2 is 2.11 bits per heavy atom. The number of nitrogens with zero attached hydrogens (tertiary/aromatic N) is 2. The predicted molar refractivity (Wildman–Crippen MR) is 81.0 cm³/mol. The van der Waals surface area contributed by atoms with E-state index in [1.165, 1.54) is 22.3 Å². The lowest BCUT2D eigenvalue weighted by molar-refractivity contribution is 0.477. The predicted octanol–water partition coefficient (Wildman–Crippen LogP) is 2.87. The Balaban J connectivity index is 2.11. The quantitative estimate of drug-likeness (QED) is 0.755. The van der Waals surface area contributed by atoms with Gasteiger partial charge in [0.15, 0.2) is 0 Å². The van der Waals surface area contributed by atoms with Crippen molar-refractivity contribution in [2.24, 2.45) is 0 Å². The van der Waals surface area contributed by atoms with Crippen molar-refractivity contribution in [2.75, 3.05) is 18.8 Å². The van der Waals surface area contributed by atoms with Crippen LogP contribution < -0.4 is 0 Å². The molecule has 1 saturated heterocycles. The van der Waals surface area contributed by atoms with Gasteiger partial charge in [0.05, 0.1) is 5.03 Å². The van der Waals surface area contributed by atoms with E-state index in [2.05, 4.69) is 27.5 Å². The fourth-order valence-corrected chi connectivity index (χ4v) is 4.24. The van der Waals surface area contributed by atoms with Gasteiger partial charge < -0.3 is 0 Å². The minimum Gasteiger partial charge on any atom is -0.249 e. The highest BCUT2D eigenvalue weighted by Gasteiger charge is 2.27. The van der Waals surface area contributed by atoms with E-state index in [0.717, 1.165) is 22.3 Å². The summed E-state index contributed by atoms with van der Waals surface area (Å²) < 4.78 is 26.9. The van der Waals surface area contributed by atoms with Crippen LogP contribution in [0.3, 0.4) is 0 Å². The zero-order chi connectivity index (χ0) is 13.9. The molecule has 0 radical (unpaired) electrons. The third kappa shape index (κ3) is 3.81. The molecule has 0 unspecified atom stereocenters. The molecular weight excluding hydrogens is 348 g/mol. The standard InChI is InChI=1S/C12H15BrN2O2S2/c1-10(13)9-18-12-5-4-11(8-14-12)19(16,17)15-6-2-3-7-15/h4-5,8H,1-3,6-7,9H2. The van der Waals surface area contributed by atoms with Crippen LogP contribution in [0, 0.1) is 0 Å². The van der Waals surface area contributed by atoms with E-state index in [9.17, 15) is 8.42 Å². The first-order chi connectivity index (χ1) is 9.00. The Morgan fingerprint density at radius 3 is 2.63 bits per heavy atom. The first kappa shape index (κ1) is 15.0. The summed E-state index contributed by atoms with van der Waals surface area (Å²) in [7, 11) is -3.35. The van der Waals surface area contributed by atoms with E-state index in [-0.39, 0.29) is 4.90 Å². The molecule has 2 rings (SSSR count). The van der Waals surface area contributed by atoms with Gasteiger partial charge in [0.2, 0.25) is 10.0 Å². The third-order valence-electron chi connectivity index (χ3n) is 2.79. The molecule has 7 heteroatoms. The van der Waals surface area contributed by atoms with Crippen LogP contribution >= 0.6 is 27.7 Å². The number of sulfonamides is 1. The number of halogens is 1. The van der Waals surface area contributed by atoms with Crippen LogP contribution in [0.4, 0.5) is 0 Å². The molecular formula is C12H15BrN2O2S2. The highest BCUT2D eigenvalue weighted by atomic mass is 79.9. The first-order valence-electron chi connectivity index (χ1n) is 5.92. The highest BCUT2D eigenvalue weighted by molar-refractivity contribution is 9.11. The van der Waals surface area contributed by atoms with Crippen molar-refractivity contribution < 1.29 is 8.42 Å². The third-order valence-corrected chi connectivity index (χ3v) is 6.35. The summed E-state index contributed by atoms with van der Waals surface area (Å²) >= 11 is 4.79. The molecule has 0 saturated carbocycles. The second kappa shape index (κ2) is 6.39. The average molecular weight is 363 g/mol. The Hall–Kier alpha value is -0.370. The van der Waals surface area contributed by atoms with Crippen molar-refractivity contribution in [3.8, 4) is 0 Å². The van der Waals surface area contributed by atoms with Gasteiger partial charge in [-0.25, -0.2) is 13.4 Å². The second-order valence-corrected chi connectivity index (χ2v) is 8.30. The molecule has 4 nitrogen and oxygen atoms in total. The molecule has 104 valence electrons. The molecule has 0 aromatic carbocycles. The monoisotopic (exact) mass is 362 g/mol. The molecule has 1 aliphatic heterocycles. The lowest BCUT2D eigenvalue weighted by Crippen LogP contribution is -2.27. The average Bonchev–Trinajstić information content (AvgIpc) is 2.91. The molecule has 1 aromatic heterocycles. The molecule has 0 amide bonds. The van der Waals surface area contributed by atoms with Gasteiger partial charge in [-0.1, -0.05) is 22.5 Å². The van der Waals surface area contributed by atoms with E-state index in [4.69, 9.17) is 0 Å². The summed E-state index contributed by atoms with van der Waals surface area (Å²) in [5.41, 5.74) is 0. The summed E-state index contributed by atoms with van der Waals surface area (Å²) in [6.45, 7) is 4.97. The number of thioether (sulfide) groups is 1. The normalized spacial score (nSPS) is 16.7. The highest BCUT2D eigenvalue weighted by Crippen LogP contribution is 2.24. The lowest BCUT2D eigenvalue weighted by atomic mass is 10.4.